The average Bonchev–Trinajstić information content (AvgIpc) is 2.99. The largest absolute Gasteiger partial charge is 0.465 e. The van der Waals surface area contributed by atoms with Gasteiger partial charge in [0.25, 0.3) is 0 Å². The highest BCUT2D eigenvalue weighted by atomic mass is 16.5. The van der Waals surface area contributed by atoms with Gasteiger partial charge in [0.15, 0.2) is 5.60 Å². The van der Waals surface area contributed by atoms with Gasteiger partial charge in [-0.25, -0.2) is 14.5 Å². The van der Waals surface area contributed by atoms with Gasteiger partial charge in [0.2, 0.25) is 5.88 Å². The number of piperidine rings is 1. The number of carboxylic acid groups (broad SMARTS) is 1. The quantitative estimate of drug-likeness (QED) is 0.796. The Morgan fingerprint density at radius 3 is 2.86 bits per heavy atom. The SMILES string of the molecule is O=C(O)N1CCC2(CC1)Oc1ncccc1-n1nccc12. The molecule has 1 amide bonds. The molecule has 7 nitrogen and oxygen atoms in total. The summed E-state index contributed by atoms with van der Waals surface area (Å²) < 4.78 is 8.03. The number of pyridine rings is 1. The minimum Gasteiger partial charge on any atom is -0.465 e. The zero-order valence-electron chi connectivity index (χ0n) is 11.3. The number of rotatable bonds is 0. The monoisotopic (exact) mass is 286 g/mol. The summed E-state index contributed by atoms with van der Waals surface area (Å²) in [6, 6.07) is 5.70. The summed E-state index contributed by atoms with van der Waals surface area (Å²) in [5.74, 6) is 0.553. The van der Waals surface area contributed by atoms with Crippen LogP contribution in [0.5, 0.6) is 5.88 Å². The van der Waals surface area contributed by atoms with Crippen molar-refractivity contribution in [2.45, 2.75) is 18.4 Å². The van der Waals surface area contributed by atoms with Gasteiger partial charge in [0, 0.05) is 38.3 Å². The Kier molecular flexibility index (Phi) is 2.44. The van der Waals surface area contributed by atoms with Crippen LogP contribution in [-0.4, -0.2) is 44.0 Å². The van der Waals surface area contributed by atoms with Crippen LogP contribution >= 0.6 is 0 Å². The van der Waals surface area contributed by atoms with Crippen molar-refractivity contribution >= 4 is 6.09 Å². The average molecular weight is 286 g/mol. The lowest BCUT2D eigenvalue weighted by molar-refractivity contribution is -0.0136. The van der Waals surface area contributed by atoms with Crippen LogP contribution in [0, 0.1) is 0 Å². The van der Waals surface area contributed by atoms with Crippen molar-refractivity contribution < 1.29 is 14.6 Å². The number of hydrogen-bond acceptors (Lipinski definition) is 4. The zero-order chi connectivity index (χ0) is 14.4. The maximum absolute atomic E-state index is 11.1. The van der Waals surface area contributed by atoms with Crippen molar-refractivity contribution in [3.8, 4) is 11.6 Å². The van der Waals surface area contributed by atoms with Gasteiger partial charge in [-0.2, -0.15) is 5.10 Å². The van der Waals surface area contributed by atoms with Gasteiger partial charge in [-0.1, -0.05) is 0 Å². The highest BCUT2D eigenvalue weighted by Crippen LogP contribution is 2.43. The molecule has 0 aliphatic carbocycles. The minimum absolute atomic E-state index is 0.447. The lowest BCUT2D eigenvalue weighted by Gasteiger charge is -2.43. The molecule has 1 spiro atoms. The predicted octanol–water partition coefficient (Wildman–Crippen LogP) is 1.63. The maximum Gasteiger partial charge on any atom is 0.407 e. The predicted molar refractivity (Wildman–Crippen MR) is 72.5 cm³/mol. The molecule has 2 aliphatic heterocycles. The minimum atomic E-state index is -0.882. The highest BCUT2D eigenvalue weighted by molar-refractivity contribution is 5.65. The second-order valence-electron chi connectivity index (χ2n) is 5.32. The summed E-state index contributed by atoms with van der Waals surface area (Å²) in [4.78, 5) is 16.8. The fraction of sp³-hybridized carbons (Fsp3) is 0.357. The molecular weight excluding hydrogens is 272 g/mol. The van der Waals surface area contributed by atoms with Crippen molar-refractivity contribution in [1.82, 2.24) is 19.7 Å². The van der Waals surface area contributed by atoms with Crippen LogP contribution in [0.3, 0.4) is 0 Å². The Bertz CT molecular complexity index is 704. The molecule has 108 valence electrons. The molecule has 2 aromatic rings. The fourth-order valence-corrected chi connectivity index (χ4v) is 3.12. The molecule has 2 aromatic heterocycles. The first-order valence-corrected chi connectivity index (χ1v) is 6.86. The summed E-state index contributed by atoms with van der Waals surface area (Å²) in [6.45, 7) is 0.894. The smallest absolute Gasteiger partial charge is 0.407 e. The molecule has 0 atom stereocenters. The highest BCUT2D eigenvalue weighted by Gasteiger charge is 2.45. The van der Waals surface area contributed by atoms with Crippen molar-refractivity contribution in [3.63, 3.8) is 0 Å². The van der Waals surface area contributed by atoms with Crippen molar-refractivity contribution in [2.24, 2.45) is 0 Å². The molecule has 1 fully saturated rings. The van der Waals surface area contributed by atoms with Crippen LogP contribution < -0.4 is 4.74 Å². The third kappa shape index (κ3) is 1.70. The van der Waals surface area contributed by atoms with Gasteiger partial charge in [-0.15, -0.1) is 0 Å². The molecule has 4 heterocycles. The number of carbonyl (C=O) groups is 1. The molecular formula is C14H14N4O3. The Morgan fingerprint density at radius 2 is 2.10 bits per heavy atom. The van der Waals surface area contributed by atoms with Gasteiger partial charge in [0.05, 0.1) is 5.69 Å². The molecule has 0 aromatic carbocycles. The second kappa shape index (κ2) is 4.21. The second-order valence-corrected chi connectivity index (χ2v) is 5.32. The number of hydrogen-bond donors (Lipinski definition) is 1. The van der Waals surface area contributed by atoms with Crippen molar-refractivity contribution in [2.75, 3.05) is 13.1 Å². The molecule has 1 saturated heterocycles. The van der Waals surface area contributed by atoms with Gasteiger partial charge >= 0.3 is 6.09 Å². The summed E-state index contributed by atoms with van der Waals surface area (Å²) >= 11 is 0. The normalized spacial score (nSPS) is 18.8. The molecule has 4 rings (SSSR count). The molecule has 0 saturated carbocycles. The Morgan fingerprint density at radius 1 is 1.29 bits per heavy atom. The van der Waals surface area contributed by atoms with E-state index in [1.807, 2.05) is 22.9 Å². The van der Waals surface area contributed by atoms with Gasteiger partial charge in [-0.05, 0) is 18.2 Å². The van der Waals surface area contributed by atoms with Gasteiger partial charge in [0.1, 0.15) is 5.69 Å². The first-order valence-electron chi connectivity index (χ1n) is 6.86. The number of fused-ring (bicyclic) bond motifs is 4. The summed E-state index contributed by atoms with van der Waals surface area (Å²) in [5, 5.41) is 13.5. The van der Waals surface area contributed by atoms with Crippen LogP contribution in [0.2, 0.25) is 0 Å². The zero-order valence-corrected chi connectivity index (χ0v) is 11.3. The van der Waals surface area contributed by atoms with Crippen LogP contribution in [-0.2, 0) is 5.60 Å². The third-order valence-corrected chi connectivity index (χ3v) is 4.22. The molecule has 21 heavy (non-hydrogen) atoms. The van der Waals surface area contributed by atoms with Crippen LogP contribution in [0.25, 0.3) is 5.69 Å². The van der Waals surface area contributed by atoms with E-state index in [2.05, 4.69) is 10.1 Å². The van der Waals surface area contributed by atoms with Crippen molar-refractivity contribution in [1.29, 1.82) is 0 Å². The topological polar surface area (TPSA) is 80.5 Å². The van der Waals surface area contributed by atoms with E-state index in [1.54, 1.807) is 12.4 Å². The Hall–Kier alpha value is -2.57. The molecule has 0 unspecified atom stereocenters. The van der Waals surface area contributed by atoms with Crippen LogP contribution in [0.1, 0.15) is 18.5 Å². The van der Waals surface area contributed by atoms with E-state index < -0.39 is 11.7 Å². The van der Waals surface area contributed by atoms with Crippen molar-refractivity contribution in [3.05, 3.63) is 36.3 Å². The molecule has 0 bridgehead atoms. The van der Waals surface area contributed by atoms with E-state index in [4.69, 9.17) is 9.84 Å². The number of ether oxygens (including phenoxy) is 1. The number of aromatic nitrogens is 3. The first kappa shape index (κ1) is 12.2. The number of nitrogens with zero attached hydrogens (tertiary/aromatic N) is 4. The standard InChI is InChI=1S/C14H14N4O3/c19-13(20)17-8-4-14(5-9-17)11-3-7-16-18(11)10-2-1-6-15-12(10)21-14/h1-3,6-7H,4-5,8-9H2,(H,19,20). The molecule has 2 aliphatic rings. The van der Waals surface area contributed by atoms with Crippen LogP contribution in [0.15, 0.2) is 30.6 Å². The van der Waals surface area contributed by atoms with E-state index in [-0.39, 0.29) is 0 Å². The molecule has 1 N–H and O–H groups in total. The van der Waals surface area contributed by atoms with E-state index in [0.29, 0.717) is 31.8 Å². The number of amides is 1. The van der Waals surface area contributed by atoms with Crippen LogP contribution in [0.4, 0.5) is 4.79 Å². The van der Waals surface area contributed by atoms with E-state index in [9.17, 15) is 4.79 Å². The lowest BCUT2D eigenvalue weighted by atomic mass is 9.87. The third-order valence-electron chi connectivity index (χ3n) is 4.22. The lowest BCUT2D eigenvalue weighted by Crippen LogP contribution is -2.49. The first-order chi connectivity index (χ1) is 10.2. The molecule has 0 radical (unpaired) electrons. The van der Waals surface area contributed by atoms with Gasteiger partial charge in [-0.3, -0.25) is 0 Å². The fourth-order valence-electron chi connectivity index (χ4n) is 3.12. The number of likely N-dealkylation sites (tertiary alicyclic amines) is 1. The Balaban J connectivity index is 1.75. The van der Waals surface area contributed by atoms with E-state index in [1.165, 1.54) is 4.90 Å². The maximum atomic E-state index is 11.1. The van der Waals surface area contributed by atoms with E-state index in [0.717, 1.165) is 11.4 Å². The summed E-state index contributed by atoms with van der Waals surface area (Å²) in [6.07, 6.45) is 3.74. The van der Waals surface area contributed by atoms with Gasteiger partial charge < -0.3 is 14.7 Å². The summed E-state index contributed by atoms with van der Waals surface area (Å²) in [7, 11) is 0. The molecule has 7 heteroatoms. The Labute approximate surface area is 120 Å². The summed E-state index contributed by atoms with van der Waals surface area (Å²) in [5.41, 5.74) is 1.25. The van der Waals surface area contributed by atoms with E-state index >= 15 is 0 Å².